The molecule has 2 rings (SSSR count). The molecule has 16 heavy (non-hydrogen) atoms. The number of rotatable bonds is 2. The molecule has 0 aliphatic rings. The number of halogens is 1. The van der Waals surface area contributed by atoms with Crippen LogP contribution in [0, 0.1) is 17.1 Å². The quantitative estimate of drug-likeness (QED) is 0.822. The molecule has 0 saturated heterocycles. The lowest BCUT2D eigenvalue weighted by Gasteiger charge is -2.03. The molecule has 0 bridgehead atoms. The fraction of sp³-hybridized carbons (Fsp3) is 0.0909. The van der Waals surface area contributed by atoms with Crippen LogP contribution in [0.25, 0.3) is 0 Å². The maximum atomic E-state index is 13.5. The number of hydrogen-bond donors (Lipinski definition) is 1. The van der Waals surface area contributed by atoms with Crippen LogP contribution in [0.4, 0.5) is 4.39 Å². The fourth-order valence-electron chi connectivity index (χ4n) is 1.40. The molecule has 0 saturated carbocycles. The smallest absolute Gasteiger partial charge is 0.313 e. The van der Waals surface area contributed by atoms with E-state index in [-0.39, 0.29) is 17.8 Å². The first-order valence-corrected chi connectivity index (χ1v) is 4.63. The van der Waals surface area contributed by atoms with Crippen molar-refractivity contribution in [3.63, 3.8) is 0 Å². The van der Waals surface area contributed by atoms with Crippen molar-refractivity contribution in [2.75, 3.05) is 0 Å². The molecule has 0 spiro atoms. The van der Waals surface area contributed by atoms with Gasteiger partial charge in [0.05, 0.1) is 18.2 Å². The average Bonchev–Trinajstić information content (AvgIpc) is 2.67. The molecule has 5 heteroatoms. The van der Waals surface area contributed by atoms with Gasteiger partial charge in [-0.05, 0) is 12.1 Å². The van der Waals surface area contributed by atoms with Crippen LogP contribution in [0.2, 0.25) is 0 Å². The minimum Gasteiger partial charge on any atom is -0.313 e. The number of hydrogen-bond acceptors (Lipinski definition) is 2. The Morgan fingerprint density at radius 2 is 2.31 bits per heavy atom. The van der Waals surface area contributed by atoms with Crippen LogP contribution in [-0.4, -0.2) is 9.55 Å². The number of nitrogens with zero attached hydrogens (tertiary/aromatic N) is 2. The van der Waals surface area contributed by atoms with Crippen molar-refractivity contribution in [2.24, 2.45) is 0 Å². The van der Waals surface area contributed by atoms with Crippen LogP contribution in [0.15, 0.2) is 35.4 Å². The van der Waals surface area contributed by atoms with Crippen molar-refractivity contribution in [1.29, 1.82) is 5.26 Å². The lowest BCUT2D eigenvalue weighted by molar-refractivity contribution is 0.596. The van der Waals surface area contributed by atoms with E-state index >= 15 is 0 Å². The number of imidazole rings is 1. The molecule has 80 valence electrons. The molecular formula is C11H8FN3O. The lowest BCUT2D eigenvalue weighted by atomic mass is 10.1. The summed E-state index contributed by atoms with van der Waals surface area (Å²) in [4.78, 5) is 13.7. The van der Waals surface area contributed by atoms with Gasteiger partial charge in [-0.3, -0.25) is 4.57 Å². The molecule has 0 atom stereocenters. The molecule has 1 aromatic carbocycles. The van der Waals surface area contributed by atoms with Gasteiger partial charge in [0.25, 0.3) is 0 Å². The molecule has 2 aromatic rings. The van der Waals surface area contributed by atoms with E-state index in [0.717, 1.165) is 6.07 Å². The minimum absolute atomic E-state index is 0.153. The van der Waals surface area contributed by atoms with Crippen molar-refractivity contribution in [3.05, 3.63) is 58.0 Å². The Morgan fingerprint density at radius 3 is 2.88 bits per heavy atom. The van der Waals surface area contributed by atoms with E-state index in [1.54, 1.807) is 6.20 Å². The highest BCUT2D eigenvalue weighted by Crippen LogP contribution is 2.10. The summed E-state index contributed by atoms with van der Waals surface area (Å²) in [6, 6.07) is 6.04. The third kappa shape index (κ3) is 1.86. The first-order chi connectivity index (χ1) is 7.70. The van der Waals surface area contributed by atoms with Gasteiger partial charge in [0, 0.05) is 18.0 Å². The summed E-state index contributed by atoms with van der Waals surface area (Å²) < 4.78 is 14.8. The Labute approximate surface area is 90.6 Å². The first-order valence-electron chi connectivity index (χ1n) is 4.63. The summed E-state index contributed by atoms with van der Waals surface area (Å²) >= 11 is 0. The lowest BCUT2D eigenvalue weighted by Crippen LogP contribution is -2.17. The van der Waals surface area contributed by atoms with Crippen molar-refractivity contribution >= 4 is 0 Å². The van der Waals surface area contributed by atoms with Crippen LogP contribution in [0.3, 0.4) is 0 Å². The summed E-state index contributed by atoms with van der Waals surface area (Å²) in [7, 11) is 0. The monoisotopic (exact) mass is 217 g/mol. The zero-order chi connectivity index (χ0) is 11.5. The zero-order valence-electron chi connectivity index (χ0n) is 8.27. The summed E-state index contributed by atoms with van der Waals surface area (Å²) in [5.74, 6) is -0.479. The Hall–Kier alpha value is -2.35. The second-order valence-corrected chi connectivity index (χ2v) is 3.31. The van der Waals surface area contributed by atoms with E-state index in [9.17, 15) is 9.18 Å². The second-order valence-electron chi connectivity index (χ2n) is 3.31. The van der Waals surface area contributed by atoms with Gasteiger partial charge in [-0.15, -0.1) is 0 Å². The van der Waals surface area contributed by atoms with Gasteiger partial charge in [-0.25, -0.2) is 9.18 Å². The molecule has 0 radical (unpaired) electrons. The molecule has 0 aliphatic heterocycles. The Bertz CT molecular complexity index is 606. The summed E-state index contributed by atoms with van der Waals surface area (Å²) in [5.41, 5.74) is 0.354. The van der Waals surface area contributed by atoms with E-state index in [0.29, 0.717) is 5.56 Å². The molecule has 4 nitrogen and oxygen atoms in total. The number of nitriles is 1. The maximum Gasteiger partial charge on any atom is 0.325 e. The molecule has 0 aliphatic carbocycles. The van der Waals surface area contributed by atoms with Crippen LogP contribution in [-0.2, 0) is 6.54 Å². The van der Waals surface area contributed by atoms with Crippen molar-refractivity contribution < 1.29 is 4.39 Å². The highest BCUT2D eigenvalue weighted by molar-refractivity contribution is 5.32. The number of aromatic amines is 1. The number of aromatic nitrogens is 2. The minimum atomic E-state index is -0.479. The third-order valence-corrected chi connectivity index (χ3v) is 2.25. The molecule has 0 fully saturated rings. The van der Waals surface area contributed by atoms with E-state index < -0.39 is 5.82 Å². The van der Waals surface area contributed by atoms with E-state index in [1.165, 1.54) is 22.9 Å². The normalized spacial score (nSPS) is 10.0. The number of benzene rings is 1. The fourth-order valence-corrected chi connectivity index (χ4v) is 1.40. The van der Waals surface area contributed by atoms with Gasteiger partial charge in [0.2, 0.25) is 0 Å². The summed E-state index contributed by atoms with van der Waals surface area (Å²) in [6.45, 7) is 0.153. The summed E-state index contributed by atoms with van der Waals surface area (Å²) in [5, 5.41) is 8.58. The third-order valence-electron chi connectivity index (χ3n) is 2.25. The van der Waals surface area contributed by atoms with Gasteiger partial charge in [-0.2, -0.15) is 5.26 Å². The van der Waals surface area contributed by atoms with Crippen molar-refractivity contribution in [1.82, 2.24) is 9.55 Å². The highest BCUT2D eigenvalue weighted by atomic mass is 19.1. The molecule has 1 N–H and O–H groups in total. The summed E-state index contributed by atoms with van der Waals surface area (Å²) in [6.07, 6.45) is 3.03. The highest BCUT2D eigenvalue weighted by Gasteiger charge is 2.05. The van der Waals surface area contributed by atoms with Gasteiger partial charge >= 0.3 is 5.69 Å². The van der Waals surface area contributed by atoms with Crippen LogP contribution < -0.4 is 5.69 Å². The van der Waals surface area contributed by atoms with Gasteiger partial charge in [0.15, 0.2) is 0 Å². The van der Waals surface area contributed by atoms with Crippen LogP contribution in [0.1, 0.15) is 11.1 Å². The number of nitrogens with one attached hydrogen (secondary N) is 1. The van der Waals surface area contributed by atoms with Gasteiger partial charge < -0.3 is 4.98 Å². The zero-order valence-corrected chi connectivity index (χ0v) is 8.27. The predicted octanol–water partition coefficient (Wildman–Crippen LogP) is 1.24. The largest absolute Gasteiger partial charge is 0.325 e. The molecule has 0 amide bonds. The van der Waals surface area contributed by atoms with Crippen LogP contribution in [0.5, 0.6) is 0 Å². The number of H-pyrrole nitrogens is 1. The maximum absolute atomic E-state index is 13.5. The predicted molar refractivity (Wildman–Crippen MR) is 55.3 cm³/mol. The van der Waals surface area contributed by atoms with Gasteiger partial charge in [-0.1, -0.05) is 6.07 Å². The first kappa shape index (κ1) is 10.2. The van der Waals surface area contributed by atoms with Gasteiger partial charge in [0.1, 0.15) is 5.82 Å². The average molecular weight is 217 g/mol. The van der Waals surface area contributed by atoms with Crippen LogP contribution >= 0.6 is 0 Å². The van der Waals surface area contributed by atoms with Crippen molar-refractivity contribution in [2.45, 2.75) is 6.54 Å². The van der Waals surface area contributed by atoms with E-state index in [4.69, 9.17) is 5.26 Å². The standard InChI is InChI=1S/C11H8FN3O/c12-10-5-8(6-13)1-2-9(10)7-15-4-3-14-11(15)16/h1-5H,7H2,(H,14,16). The van der Waals surface area contributed by atoms with E-state index in [2.05, 4.69) is 4.98 Å². The topological polar surface area (TPSA) is 61.6 Å². The van der Waals surface area contributed by atoms with E-state index in [1.807, 2.05) is 6.07 Å². The second kappa shape index (κ2) is 4.03. The Kier molecular flexibility index (Phi) is 2.56. The SMILES string of the molecule is N#Cc1ccc(Cn2cc[nH]c2=O)c(F)c1. The molecular weight excluding hydrogens is 209 g/mol. The molecule has 1 aromatic heterocycles. The Balaban J connectivity index is 2.33. The molecule has 1 heterocycles. The molecule has 0 unspecified atom stereocenters. The Morgan fingerprint density at radius 1 is 1.50 bits per heavy atom. The van der Waals surface area contributed by atoms with Crippen molar-refractivity contribution in [3.8, 4) is 6.07 Å².